The average Bonchev–Trinajstić information content (AvgIpc) is 3.30. The zero-order valence-corrected chi connectivity index (χ0v) is 15.9. The second-order valence-corrected chi connectivity index (χ2v) is 7.64. The van der Waals surface area contributed by atoms with Crippen molar-refractivity contribution in [3.63, 3.8) is 0 Å². The van der Waals surface area contributed by atoms with Crippen LogP contribution in [0.4, 0.5) is 8.78 Å². The lowest BCUT2D eigenvalue weighted by molar-refractivity contribution is 0.160. The van der Waals surface area contributed by atoms with Gasteiger partial charge in [0.1, 0.15) is 0 Å². The summed E-state index contributed by atoms with van der Waals surface area (Å²) in [7, 11) is 0. The van der Waals surface area contributed by atoms with Crippen molar-refractivity contribution in [2.75, 3.05) is 18.8 Å². The van der Waals surface area contributed by atoms with Crippen LogP contribution in [0, 0.1) is 0 Å². The number of nitrogens with one attached hydrogen (secondary N) is 1. The molecule has 26 heavy (non-hydrogen) atoms. The lowest BCUT2D eigenvalue weighted by Crippen LogP contribution is -2.35. The number of nitrogens with zero attached hydrogens (tertiary/aromatic N) is 4. The predicted octanol–water partition coefficient (Wildman–Crippen LogP) is 2.63. The van der Waals surface area contributed by atoms with E-state index in [1.807, 2.05) is 5.38 Å². The van der Waals surface area contributed by atoms with Gasteiger partial charge in [-0.3, -0.25) is 9.71 Å². The van der Waals surface area contributed by atoms with Crippen molar-refractivity contribution in [1.82, 2.24) is 14.6 Å². The van der Waals surface area contributed by atoms with Crippen LogP contribution in [0.5, 0.6) is 0 Å². The highest BCUT2D eigenvalue weighted by molar-refractivity contribution is 7.97. The largest absolute Gasteiger partial charge is 0.404 e. The number of thiazole rings is 1. The molecular weight excluding hydrogens is 378 g/mol. The van der Waals surface area contributed by atoms with Gasteiger partial charge in [0.2, 0.25) is 0 Å². The number of fused-ring (bicyclic) bond motifs is 1. The van der Waals surface area contributed by atoms with Gasteiger partial charge in [-0.2, -0.15) is 8.78 Å². The fourth-order valence-corrected chi connectivity index (χ4v) is 4.20. The van der Waals surface area contributed by atoms with Gasteiger partial charge in [-0.1, -0.05) is 18.9 Å². The molecular formula is C16H20F2N6S2. The molecule has 0 radical (unpaired) electrons. The minimum atomic E-state index is -2.76. The van der Waals surface area contributed by atoms with E-state index < -0.39 is 6.55 Å². The summed E-state index contributed by atoms with van der Waals surface area (Å²) in [5.74, 6) is 1.79. The number of hydrogen-bond acceptors (Lipinski definition) is 8. The molecule has 2 aliphatic rings. The molecule has 3 rings (SSSR count). The van der Waals surface area contributed by atoms with E-state index in [1.54, 1.807) is 18.1 Å². The van der Waals surface area contributed by atoms with Gasteiger partial charge in [0, 0.05) is 65.6 Å². The van der Waals surface area contributed by atoms with Crippen molar-refractivity contribution < 1.29 is 8.78 Å². The monoisotopic (exact) mass is 398 g/mol. The molecule has 1 atom stereocenters. The number of aromatic nitrogens is 1. The van der Waals surface area contributed by atoms with Gasteiger partial charge >= 0.3 is 6.55 Å². The van der Waals surface area contributed by atoms with Gasteiger partial charge in [-0.05, 0) is 0 Å². The zero-order chi connectivity index (χ0) is 18.5. The van der Waals surface area contributed by atoms with E-state index in [9.17, 15) is 8.78 Å². The van der Waals surface area contributed by atoms with Crippen LogP contribution in [-0.2, 0) is 0 Å². The third-order valence-corrected chi connectivity index (χ3v) is 5.59. The minimum absolute atomic E-state index is 0.235. The highest BCUT2D eigenvalue weighted by Gasteiger charge is 2.35. The molecule has 0 bridgehead atoms. The van der Waals surface area contributed by atoms with Crippen LogP contribution >= 0.6 is 23.3 Å². The molecule has 6 nitrogen and oxygen atoms in total. The highest BCUT2D eigenvalue weighted by atomic mass is 32.2. The third-order valence-electron chi connectivity index (χ3n) is 4.03. The summed E-state index contributed by atoms with van der Waals surface area (Å²) >= 11 is 3.19. The Morgan fingerprint density at radius 1 is 1.62 bits per heavy atom. The maximum Gasteiger partial charge on any atom is 0.331 e. The quantitative estimate of drug-likeness (QED) is 0.419. The zero-order valence-electron chi connectivity index (χ0n) is 14.2. The van der Waals surface area contributed by atoms with Gasteiger partial charge in [0.15, 0.2) is 10.8 Å². The average molecular weight is 399 g/mol. The summed E-state index contributed by atoms with van der Waals surface area (Å²) in [4.78, 5) is 14.3. The van der Waals surface area contributed by atoms with E-state index in [-0.39, 0.29) is 6.04 Å². The van der Waals surface area contributed by atoms with E-state index in [0.29, 0.717) is 12.1 Å². The fraction of sp³-hybridized carbons (Fsp3) is 0.438. The van der Waals surface area contributed by atoms with Crippen molar-refractivity contribution in [2.24, 2.45) is 15.7 Å². The van der Waals surface area contributed by atoms with Crippen LogP contribution < -0.4 is 10.5 Å². The van der Waals surface area contributed by atoms with E-state index in [1.165, 1.54) is 17.5 Å². The predicted molar refractivity (Wildman–Crippen MR) is 104 cm³/mol. The number of aliphatic imine (C=N–C) groups is 2. The third kappa shape index (κ3) is 4.13. The van der Waals surface area contributed by atoms with E-state index >= 15 is 0 Å². The highest BCUT2D eigenvalue weighted by Crippen LogP contribution is 2.34. The Hall–Kier alpha value is -1.78. The Morgan fingerprint density at radius 3 is 3.12 bits per heavy atom. The molecule has 0 amide bonds. The van der Waals surface area contributed by atoms with Crippen molar-refractivity contribution in [3.05, 3.63) is 39.6 Å². The second kappa shape index (κ2) is 8.74. The standard InChI is InChI=1S/C16H20F2N6S2/c1-2-26-23-11-5-13-12(10(6-19)7-22-16(17)18)8-21-14(24(13)9-11)15-20-3-4-25-15/h3-4,6-7,11,16,23H,2,5,8-9,19H2,1H3. The number of alkyl halides is 2. The normalized spacial score (nSPS) is 21.1. The van der Waals surface area contributed by atoms with E-state index in [4.69, 9.17) is 5.73 Å². The Bertz CT molecular complexity index is 742. The molecule has 1 aromatic rings. The van der Waals surface area contributed by atoms with Crippen LogP contribution in [-0.4, -0.2) is 53.4 Å². The van der Waals surface area contributed by atoms with Crippen LogP contribution in [0.15, 0.2) is 44.6 Å². The first kappa shape index (κ1) is 19.0. The van der Waals surface area contributed by atoms with Crippen molar-refractivity contribution in [3.8, 4) is 0 Å². The molecule has 3 heterocycles. The van der Waals surface area contributed by atoms with Crippen molar-refractivity contribution >= 4 is 35.3 Å². The molecule has 0 saturated carbocycles. The Kier molecular flexibility index (Phi) is 6.38. The van der Waals surface area contributed by atoms with Crippen LogP contribution in [0.2, 0.25) is 0 Å². The van der Waals surface area contributed by atoms with Crippen molar-refractivity contribution in [2.45, 2.75) is 25.9 Å². The summed E-state index contributed by atoms with van der Waals surface area (Å²) in [6.45, 7) is 0.438. The number of rotatable bonds is 7. The minimum Gasteiger partial charge on any atom is -0.404 e. The molecule has 1 fully saturated rings. The summed E-state index contributed by atoms with van der Waals surface area (Å²) in [6, 6.07) is 0.235. The number of halogens is 2. The molecule has 3 N–H and O–H groups in total. The molecule has 140 valence electrons. The van der Waals surface area contributed by atoms with Crippen LogP contribution in [0.3, 0.4) is 0 Å². The van der Waals surface area contributed by atoms with Crippen LogP contribution in [0.25, 0.3) is 0 Å². The van der Waals surface area contributed by atoms with Gasteiger partial charge in [0.05, 0.1) is 6.54 Å². The van der Waals surface area contributed by atoms with Crippen molar-refractivity contribution in [1.29, 1.82) is 0 Å². The van der Waals surface area contributed by atoms with Gasteiger partial charge in [-0.15, -0.1) is 11.3 Å². The number of amidine groups is 1. The first-order valence-electron chi connectivity index (χ1n) is 8.18. The first-order chi connectivity index (χ1) is 12.6. The Balaban J connectivity index is 1.92. The number of hydrogen-bond donors (Lipinski definition) is 2. The molecule has 10 heteroatoms. The molecule has 0 aliphatic carbocycles. The summed E-state index contributed by atoms with van der Waals surface area (Å²) in [6.07, 6.45) is 4.97. The maximum absolute atomic E-state index is 12.5. The van der Waals surface area contributed by atoms with E-state index in [0.717, 1.165) is 47.0 Å². The van der Waals surface area contributed by atoms with Crippen LogP contribution in [0.1, 0.15) is 18.4 Å². The fourth-order valence-electron chi connectivity index (χ4n) is 2.98. The molecule has 1 aromatic heterocycles. The topological polar surface area (TPSA) is 78.9 Å². The van der Waals surface area contributed by atoms with E-state index in [2.05, 4.69) is 31.5 Å². The van der Waals surface area contributed by atoms with Gasteiger partial charge in [-0.25, -0.2) is 9.98 Å². The smallest absolute Gasteiger partial charge is 0.331 e. The lowest BCUT2D eigenvalue weighted by atomic mass is 10.0. The second-order valence-electron chi connectivity index (χ2n) is 5.64. The summed E-state index contributed by atoms with van der Waals surface area (Å²) < 4.78 is 28.4. The first-order valence-corrected chi connectivity index (χ1v) is 10.0. The molecule has 0 aromatic carbocycles. The molecule has 0 spiro atoms. The summed E-state index contributed by atoms with van der Waals surface area (Å²) in [5.41, 5.74) is 8.04. The molecule has 1 unspecified atom stereocenters. The Labute approximate surface area is 159 Å². The van der Waals surface area contributed by atoms with Gasteiger partial charge in [0.25, 0.3) is 0 Å². The maximum atomic E-state index is 12.5. The SMILES string of the molecule is CCSNC1CC2=C(C(C=NC(F)F)=CN)CN=C(c3nccs3)N2C1. The lowest BCUT2D eigenvalue weighted by Gasteiger charge is -2.28. The number of nitrogens with two attached hydrogens (primary N) is 1. The molecule has 2 aliphatic heterocycles. The Morgan fingerprint density at radius 2 is 2.46 bits per heavy atom. The molecule has 1 saturated heterocycles. The summed E-state index contributed by atoms with van der Waals surface area (Å²) in [5, 5.41) is 2.76. The van der Waals surface area contributed by atoms with Gasteiger partial charge < -0.3 is 10.6 Å².